The highest BCUT2D eigenvalue weighted by Gasteiger charge is 2.39. The Labute approximate surface area is 169 Å². The number of aromatic amines is 1. The molecule has 9 nitrogen and oxygen atoms in total. The molecule has 0 bridgehead atoms. The summed E-state index contributed by atoms with van der Waals surface area (Å²) in [6.45, 7) is 2.37. The van der Waals surface area contributed by atoms with Gasteiger partial charge in [0.25, 0.3) is 5.56 Å². The van der Waals surface area contributed by atoms with Crippen molar-refractivity contribution in [1.29, 1.82) is 0 Å². The van der Waals surface area contributed by atoms with Crippen LogP contribution in [0.15, 0.2) is 33.3 Å². The van der Waals surface area contributed by atoms with Gasteiger partial charge in [0.05, 0.1) is 4.88 Å². The molecule has 29 heavy (non-hydrogen) atoms. The van der Waals surface area contributed by atoms with E-state index in [1.54, 1.807) is 0 Å². The minimum atomic E-state index is -0.827. The summed E-state index contributed by atoms with van der Waals surface area (Å²) < 4.78 is 17.1. The molecule has 1 fully saturated rings. The predicted molar refractivity (Wildman–Crippen MR) is 102 cm³/mol. The fourth-order valence-corrected chi connectivity index (χ4v) is 3.40. The standard InChI is InChI=1S/C19H18N2O7S/c1-11(22)26-10-16-15(27-12(2)23)8-17(28-16)21-9-13(18(24)20-19(21)25)5-6-14-4-3-7-29-14/h3-4,7,9,15-17H,8,10H2,1-2H3,(H,20,24,25)/t15-,16+,17+/m0/s1. The molecule has 2 aromatic rings. The molecule has 0 spiro atoms. The van der Waals surface area contributed by atoms with E-state index in [0.29, 0.717) is 0 Å². The number of H-pyrrole nitrogens is 1. The maximum absolute atomic E-state index is 12.3. The summed E-state index contributed by atoms with van der Waals surface area (Å²) in [5, 5.41) is 1.86. The second kappa shape index (κ2) is 8.89. The average Bonchev–Trinajstić information content (AvgIpc) is 3.29. The maximum Gasteiger partial charge on any atom is 0.330 e. The first-order valence-electron chi connectivity index (χ1n) is 8.70. The van der Waals surface area contributed by atoms with Crippen LogP contribution in [0, 0.1) is 11.8 Å². The van der Waals surface area contributed by atoms with Gasteiger partial charge in [-0.05, 0) is 11.4 Å². The highest BCUT2D eigenvalue weighted by atomic mass is 32.1. The first-order valence-corrected chi connectivity index (χ1v) is 9.58. The van der Waals surface area contributed by atoms with Crippen LogP contribution in [0.3, 0.4) is 0 Å². The van der Waals surface area contributed by atoms with Gasteiger partial charge < -0.3 is 14.2 Å². The average molecular weight is 418 g/mol. The number of rotatable bonds is 4. The lowest BCUT2D eigenvalue weighted by molar-refractivity contribution is -0.155. The van der Waals surface area contributed by atoms with Crippen LogP contribution in [-0.4, -0.2) is 40.3 Å². The second-order valence-electron chi connectivity index (χ2n) is 6.25. The van der Waals surface area contributed by atoms with Crippen LogP contribution in [0.5, 0.6) is 0 Å². The molecule has 0 aromatic carbocycles. The van der Waals surface area contributed by atoms with Crippen LogP contribution in [0.4, 0.5) is 0 Å². The third-order valence-corrected chi connectivity index (χ3v) is 4.85. The molecule has 1 N–H and O–H groups in total. The number of nitrogens with zero attached hydrogens (tertiary/aromatic N) is 1. The van der Waals surface area contributed by atoms with Crippen molar-refractivity contribution < 1.29 is 23.8 Å². The summed E-state index contributed by atoms with van der Waals surface area (Å²) in [7, 11) is 0. The van der Waals surface area contributed by atoms with Crippen LogP contribution < -0.4 is 11.2 Å². The zero-order chi connectivity index (χ0) is 21.0. The summed E-state index contributed by atoms with van der Waals surface area (Å²) in [5.74, 6) is 4.58. The van der Waals surface area contributed by atoms with Gasteiger partial charge in [0.15, 0.2) is 0 Å². The number of thiophene rings is 1. The van der Waals surface area contributed by atoms with Gasteiger partial charge in [0.2, 0.25) is 0 Å². The smallest absolute Gasteiger partial charge is 0.330 e. The first-order chi connectivity index (χ1) is 13.8. The Kier molecular flexibility index (Phi) is 6.31. The monoisotopic (exact) mass is 418 g/mol. The Hall–Kier alpha value is -3.16. The summed E-state index contributed by atoms with van der Waals surface area (Å²) in [6.07, 6.45) is -0.823. The van der Waals surface area contributed by atoms with Crippen molar-refractivity contribution in [3.8, 4) is 11.8 Å². The summed E-state index contributed by atoms with van der Waals surface area (Å²) in [4.78, 5) is 49.8. The van der Waals surface area contributed by atoms with Crippen molar-refractivity contribution in [2.45, 2.75) is 38.7 Å². The normalized spacial score (nSPS) is 20.6. The van der Waals surface area contributed by atoms with E-state index < -0.39 is 41.6 Å². The fraction of sp³-hybridized carbons (Fsp3) is 0.368. The Morgan fingerprint density at radius 1 is 1.31 bits per heavy atom. The number of nitrogens with one attached hydrogen (secondary N) is 1. The van der Waals surface area contributed by atoms with Gasteiger partial charge in [0.1, 0.15) is 30.6 Å². The van der Waals surface area contributed by atoms with E-state index >= 15 is 0 Å². The molecule has 152 valence electrons. The van der Waals surface area contributed by atoms with Crippen molar-refractivity contribution >= 4 is 23.3 Å². The van der Waals surface area contributed by atoms with Gasteiger partial charge in [-0.1, -0.05) is 17.9 Å². The van der Waals surface area contributed by atoms with E-state index in [1.165, 1.54) is 35.9 Å². The number of carbonyl (C=O) groups excluding carboxylic acids is 2. The van der Waals surface area contributed by atoms with Crippen LogP contribution in [0.25, 0.3) is 0 Å². The van der Waals surface area contributed by atoms with Crippen LogP contribution in [-0.2, 0) is 23.8 Å². The highest BCUT2D eigenvalue weighted by molar-refractivity contribution is 7.10. The van der Waals surface area contributed by atoms with E-state index in [9.17, 15) is 19.2 Å². The predicted octanol–water partition coefficient (Wildman–Crippen LogP) is 0.780. The molecular formula is C19H18N2O7S. The SMILES string of the molecule is CC(=O)OC[C@H]1O[C@@H](n2cc(C#Cc3cccs3)c(=O)[nH]c2=O)C[C@@H]1OC(C)=O. The molecule has 1 aliphatic rings. The van der Waals surface area contributed by atoms with E-state index in [1.807, 2.05) is 17.5 Å². The molecule has 0 aliphatic carbocycles. The number of carbonyl (C=O) groups is 2. The molecule has 0 saturated carbocycles. The number of ether oxygens (including phenoxy) is 3. The van der Waals surface area contributed by atoms with E-state index in [2.05, 4.69) is 16.8 Å². The third kappa shape index (κ3) is 5.22. The molecule has 3 heterocycles. The minimum Gasteiger partial charge on any atom is -0.463 e. The summed E-state index contributed by atoms with van der Waals surface area (Å²) >= 11 is 1.43. The fourth-order valence-electron chi connectivity index (χ4n) is 2.82. The lowest BCUT2D eigenvalue weighted by Crippen LogP contribution is -2.34. The lowest BCUT2D eigenvalue weighted by atomic mass is 10.2. The Morgan fingerprint density at radius 2 is 2.10 bits per heavy atom. The van der Waals surface area contributed by atoms with E-state index in [4.69, 9.17) is 14.2 Å². The number of aromatic nitrogens is 2. The topological polar surface area (TPSA) is 117 Å². The Bertz CT molecular complexity index is 1070. The summed E-state index contributed by atoms with van der Waals surface area (Å²) in [6, 6.07) is 3.65. The lowest BCUT2D eigenvalue weighted by Gasteiger charge is -2.17. The van der Waals surface area contributed by atoms with Gasteiger partial charge in [-0.2, -0.15) is 0 Å². The number of esters is 2. The molecule has 1 aliphatic heterocycles. The second-order valence-corrected chi connectivity index (χ2v) is 7.20. The maximum atomic E-state index is 12.3. The van der Waals surface area contributed by atoms with Crippen molar-refractivity contribution in [3.63, 3.8) is 0 Å². The van der Waals surface area contributed by atoms with E-state index in [-0.39, 0.29) is 18.6 Å². The van der Waals surface area contributed by atoms with Gasteiger partial charge in [-0.15, -0.1) is 11.3 Å². The largest absolute Gasteiger partial charge is 0.463 e. The molecule has 0 amide bonds. The number of hydrogen-bond acceptors (Lipinski definition) is 8. The molecule has 2 aromatic heterocycles. The molecule has 0 unspecified atom stereocenters. The molecule has 3 atom stereocenters. The van der Waals surface area contributed by atoms with Crippen LogP contribution >= 0.6 is 11.3 Å². The molecular weight excluding hydrogens is 400 g/mol. The molecule has 1 saturated heterocycles. The van der Waals surface area contributed by atoms with Gasteiger partial charge >= 0.3 is 17.6 Å². The Balaban J connectivity index is 1.87. The highest BCUT2D eigenvalue weighted by Crippen LogP contribution is 2.30. The zero-order valence-electron chi connectivity index (χ0n) is 15.7. The van der Waals surface area contributed by atoms with Crippen LogP contribution in [0.2, 0.25) is 0 Å². The van der Waals surface area contributed by atoms with Crippen LogP contribution in [0.1, 0.15) is 36.9 Å². The number of hydrogen-bond donors (Lipinski definition) is 1. The van der Waals surface area contributed by atoms with Gasteiger partial charge in [-0.25, -0.2) is 4.79 Å². The quantitative estimate of drug-likeness (QED) is 0.576. The summed E-state index contributed by atoms with van der Waals surface area (Å²) in [5.41, 5.74) is -1.20. The molecule has 0 radical (unpaired) electrons. The van der Waals surface area contributed by atoms with Crippen molar-refractivity contribution in [3.05, 3.63) is 55.0 Å². The molecule has 3 rings (SSSR count). The molecule has 10 heteroatoms. The minimum absolute atomic E-state index is 0.0917. The van der Waals surface area contributed by atoms with Gasteiger partial charge in [0, 0.05) is 26.5 Å². The van der Waals surface area contributed by atoms with Gasteiger partial charge in [-0.3, -0.25) is 23.9 Å². The van der Waals surface area contributed by atoms with Crippen molar-refractivity contribution in [1.82, 2.24) is 9.55 Å². The van der Waals surface area contributed by atoms with Crippen molar-refractivity contribution in [2.24, 2.45) is 0 Å². The first kappa shape index (κ1) is 20.6. The zero-order valence-corrected chi connectivity index (χ0v) is 16.5. The van der Waals surface area contributed by atoms with E-state index in [0.717, 1.165) is 4.88 Å². The third-order valence-electron chi connectivity index (χ3n) is 4.07. The Morgan fingerprint density at radius 3 is 2.76 bits per heavy atom. The van der Waals surface area contributed by atoms with Crippen molar-refractivity contribution in [2.75, 3.05) is 6.61 Å².